The van der Waals surface area contributed by atoms with Gasteiger partial charge in [-0.3, -0.25) is 14.9 Å². The van der Waals surface area contributed by atoms with E-state index in [0.29, 0.717) is 36.7 Å². The van der Waals surface area contributed by atoms with Gasteiger partial charge >= 0.3 is 0 Å². The Morgan fingerprint density at radius 3 is 2.71 bits per heavy atom. The van der Waals surface area contributed by atoms with Crippen LogP contribution in [0.1, 0.15) is 65.5 Å². The van der Waals surface area contributed by atoms with Crippen molar-refractivity contribution in [2.24, 2.45) is 16.7 Å². The van der Waals surface area contributed by atoms with E-state index in [4.69, 9.17) is 9.72 Å². The van der Waals surface area contributed by atoms with Gasteiger partial charge in [-0.2, -0.15) is 0 Å². The molecule has 1 saturated carbocycles. The number of hydrogen-bond donors (Lipinski definition) is 4. The number of fused-ring (bicyclic) bond motifs is 2. The second kappa shape index (κ2) is 11.5. The van der Waals surface area contributed by atoms with Gasteiger partial charge in [0.2, 0.25) is 5.91 Å². The van der Waals surface area contributed by atoms with Crippen LogP contribution in [0.3, 0.4) is 0 Å². The number of aliphatic hydroxyl groups is 2. The van der Waals surface area contributed by atoms with Crippen LogP contribution in [0.25, 0.3) is 0 Å². The highest BCUT2D eigenvalue weighted by molar-refractivity contribution is 7.15. The summed E-state index contributed by atoms with van der Waals surface area (Å²) in [5, 5.41) is 27.7. The zero-order valence-electron chi connectivity index (χ0n) is 23.4. The minimum absolute atomic E-state index is 0.115. The minimum Gasteiger partial charge on any atom is -0.496 e. The highest BCUT2D eigenvalue weighted by atomic mass is 32.1. The molecule has 5 rings (SSSR count). The molecule has 5 atom stereocenters. The summed E-state index contributed by atoms with van der Waals surface area (Å²) in [6.45, 7) is 4.17. The molecule has 2 aromatic carbocycles. The molecule has 10 heteroatoms. The van der Waals surface area contributed by atoms with Gasteiger partial charge in [0.1, 0.15) is 11.6 Å². The highest BCUT2D eigenvalue weighted by Gasteiger charge is 2.59. The van der Waals surface area contributed by atoms with E-state index in [-0.39, 0.29) is 36.3 Å². The first kappa shape index (κ1) is 29.2. The Bertz CT molecular complexity index is 1450. The average molecular weight is 582 g/mol. The fourth-order valence-electron chi connectivity index (χ4n) is 6.80. The lowest BCUT2D eigenvalue weighted by Crippen LogP contribution is -2.57. The van der Waals surface area contributed by atoms with E-state index in [1.165, 1.54) is 35.6 Å². The zero-order valence-corrected chi connectivity index (χ0v) is 24.3. The maximum Gasteiger partial charge on any atom is 0.257 e. The van der Waals surface area contributed by atoms with E-state index in [0.717, 1.165) is 16.1 Å². The van der Waals surface area contributed by atoms with Gasteiger partial charge in [-0.05, 0) is 54.9 Å². The first-order chi connectivity index (χ1) is 19.6. The lowest BCUT2D eigenvalue weighted by molar-refractivity contribution is -0.144. The number of nitrogens with zero attached hydrogens (tertiary/aromatic N) is 1. The van der Waals surface area contributed by atoms with Crippen molar-refractivity contribution in [3.05, 3.63) is 76.0 Å². The molecule has 218 valence electrons. The average Bonchev–Trinajstić information content (AvgIpc) is 3.37. The number of benzene rings is 2. The number of methoxy groups -OCH3 is 1. The van der Waals surface area contributed by atoms with Gasteiger partial charge in [0, 0.05) is 40.3 Å². The standard InChI is InChI=1S/C31H36FN3O5S/c1-30-12-11-25(37)31(2,17-36)24(30)15-23-27(34-29(41-23)35-28(39)18-8-6-9-20(32)13-18)21(30)14-26(38)33-16-19-7-4-5-10-22(19)40-3/h4-10,13,21,24-25,36-37H,11-12,14-17H2,1-3H3,(H,33,38)(H,34,35,39). The number of amides is 2. The van der Waals surface area contributed by atoms with Crippen LogP contribution in [-0.2, 0) is 17.8 Å². The van der Waals surface area contributed by atoms with Crippen LogP contribution in [-0.4, -0.2) is 46.8 Å². The number of nitrogens with one attached hydrogen (secondary N) is 2. The predicted octanol–water partition coefficient (Wildman–Crippen LogP) is 4.67. The Labute approximate surface area is 243 Å². The molecule has 2 aliphatic carbocycles. The van der Waals surface area contributed by atoms with Crippen molar-refractivity contribution in [1.82, 2.24) is 10.3 Å². The molecule has 41 heavy (non-hydrogen) atoms. The van der Waals surface area contributed by atoms with Gasteiger partial charge in [0.15, 0.2) is 5.13 Å². The fraction of sp³-hybridized carbons (Fsp3) is 0.452. The summed E-state index contributed by atoms with van der Waals surface area (Å²) >= 11 is 1.33. The number of ether oxygens (including phenoxy) is 1. The van der Waals surface area contributed by atoms with Crippen LogP contribution < -0.4 is 15.4 Å². The molecule has 2 amide bonds. The van der Waals surface area contributed by atoms with Crippen molar-refractivity contribution in [3.8, 4) is 5.75 Å². The Kier molecular flexibility index (Phi) is 8.18. The number of aromatic nitrogens is 1. The van der Waals surface area contributed by atoms with E-state index in [9.17, 15) is 24.2 Å². The molecular weight excluding hydrogens is 545 g/mol. The smallest absolute Gasteiger partial charge is 0.257 e. The van der Waals surface area contributed by atoms with E-state index < -0.39 is 28.7 Å². The molecule has 1 fully saturated rings. The summed E-state index contributed by atoms with van der Waals surface area (Å²) in [4.78, 5) is 32.0. The van der Waals surface area contributed by atoms with Crippen molar-refractivity contribution < 1.29 is 28.9 Å². The van der Waals surface area contributed by atoms with Crippen molar-refractivity contribution in [2.45, 2.75) is 58.1 Å². The molecule has 0 radical (unpaired) electrons. The fourth-order valence-corrected chi connectivity index (χ4v) is 7.86. The molecule has 5 unspecified atom stereocenters. The van der Waals surface area contributed by atoms with Crippen LogP contribution >= 0.6 is 11.3 Å². The molecule has 3 aromatic rings. The second-order valence-corrected chi connectivity index (χ2v) is 12.7. The predicted molar refractivity (Wildman–Crippen MR) is 154 cm³/mol. The molecule has 1 heterocycles. The molecule has 1 aromatic heterocycles. The SMILES string of the molecule is COc1ccccc1CNC(=O)CC1c2nc(NC(=O)c3cccc(F)c3)sc2CC2C(C)(CO)C(O)CCC12C. The number of aliphatic hydroxyl groups excluding tert-OH is 2. The maximum absolute atomic E-state index is 13.7. The third-order valence-electron chi connectivity index (χ3n) is 9.26. The Balaban J connectivity index is 1.45. The molecule has 0 bridgehead atoms. The molecule has 8 nitrogen and oxygen atoms in total. The van der Waals surface area contributed by atoms with Gasteiger partial charge in [0.05, 0.1) is 25.5 Å². The van der Waals surface area contributed by atoms with Gasteiger partial charge in [0.25, 0.3) is 5.91 Å². The van der Waals surface area contributed by atoms with Gasteiger partial charge < -0.3 is 20.3 Å². The summed E-state index contributed by atoms with van der Waals surface area (Å²) in [5.74, 6) is -0.851. The molecule has 0 spiro atoms. The molecule has 4 N–H and O–H groups in total. The number of carbonyl (C=O) groups is 2. The summed E-state index contributed by atoms with van der Waals surface area (Å²) < 4.78 is 19.1. The Morgan fingerprint density at radius 2 is 1.98 bits per heavy atom. The highest BCUT2D eigenvalue weighted by Crippen LogP contribution is 2.62. The van der Waals surface area contributed by atoms with Crippen LogP contribution in [0.5, 0.6) is 5.75 Å². The normalized spacial score (nSPS) is 26.9. The van der Waals surface area contributed by atoms with Crippen molar-refractivity contribution in [1.29, 1.82) is 0 Å². The molecule has 2 aliphatic rings. The Hall–Kier alpha value is -3.34. The number of hydrogen-bond acceptors (Lipinski definition) is 7. The maximum atomic E-state index is 13.7. The van der Waals surface area contributed by atoms with Gasteiger partial charge in [-0.25, -0.2) is 9.37 Å². The second-order valence-electron chi connectivity index (χ2n) is 11.6. The number of thiazole rings is 1. The number of rotatable bonds is 8. The third-order valence-corrected chi connectivity index (χ3v) is 10.3. The van der Waals surface area contributed by atoms with Crippen molar-refractivity contribution >= 4 is 28.3 Å². The zero-order chi connectivity index (χ0) is 29.4. The van der Waals surface area contributed by atoms with Gasteiger partial charge in [-0.1, -0.05) is 38.1 Å². The number of carbonyl (C=O) groups excluding carboxylic acids is 2. The quantitative estimate of drug-likeness (QED) is 0.307. The van der Waals surface area contributed by atoms with Crippen molar-refractivity contribution in [2.75, 3.05) is 19.0 Å². The third kappa shape index (κ3) is 5.48. The van der Waals surface area contributed by atoms with Crippen molar-refractivity contribution in [3.63, 3.8) is 0 Å². The molecule has 0 aliphatic heterocycles. The lowest BCUT2D eigenvalue weighted by atomic mass is 9.47. The first-order valence-corrected chi connectivity index (χ1v) is 14.6. The summed E-state index contributed by atoms with van der Waals surface area (Å²) in [6.07, 6.45) is 1.22. The van der Waals surface area contributed by atoms with Gasteiger partial charge in [-0.15, -0.1) is 11.3 Å². The van der Waals surface area contributed by atoms with E-state index in [1.807, 2.05) is 31.2 Å². The monoisotopic (exact) mass is 581 g/mol. The number of halogens is 1. The van der Waals surface area contributed by atoms with Crippen LogP contribution in [0.2, 0.25) is 0 Å². The largest absolute Gasteiger partial charge is 0.496 e. The lowest BCUT2D eigenvalue weighted by Gasteiger charge is -2.58. The molecular formula is C31H36FN3O5S. The summed E-state index contributed by atoms with van der Waals surface area (Å²) in [7, 11) is 1.59. The topological polar surface area (TPSA) is 121 Å². The first-order valence-electron chi connectivity index (χ1n) is 13.8. The summed E-state index contributed by atoms with van der Waals surface area (Å²) in [5.41, 5.74) is 0.616. The van der Waals surface area contributed by atoms with Crippen LogP contribution in [0.4, 0.5) is 9.52 Å². The Morgan fingerprint density at radius 1 is 1.20 bits per heavy atom. The van der Waals surface area contributed by atoms with E-state index >= 15 is 0 Å². The van der Waals surface area contributed by atoms with Crippen LogP contribution in [0.15, 0.2) is 48.5 Å². The van der Waals surface area contributed by atoms with Crippen LogP contribution in [0, 0.1) is 22.6 Å². The summed E-state index contributed by atoms with van der Waals surface area (Å²) in [6, 6.07) is 13.0. The number of para-hydroxylation sites is 1. The van der Waals surface area contributed by atoms with E-state index in [1.54, 1.807) is 7.11 Å². The molecule has 0 saturated heterocycles. The number of anilines is 1. The van der Waals surface area contributed by atoms with E-state index in [2.05, 4.69) is 17.6 Å². The minimum atomic E-state index is -0.758.